The highest BCUT2D eigenvalue weighted by atomic mass is 35.5. The zero-order valence-electron chi connectivity index (χ0n) is 8.66. The monoisotopic (exact) mass is 221 g/mol. The molecule has 2 aromatic rings. The van der Waals surface area contributed by atoms with Crippen LogP contribution in [0.25, 0.3) is 0 Å². The molecule has 0 aliphatic rings. The molecule has 1 aromatic heterocycles. The van der Waals surface area contributed by atoms with Crippen LogP contribution in [0.15, 0.2) is 30.6 Å². The van der Waals surface area contributed by atoms with E-state index in [1.54, 1.807) is 6.33 Å². The quantitative estimate of drug-likeness (QED) is 0.845. The van der Waals surface area contributed by atoms with Gasteiger partial charge in [-0.1, -0.05) is 17.7 Å². The Bertz CT molecular complexity index is 476. The number of hydrogen-bond donors (Lipinski definition) is 1. The highest BCUT2D eigenvalue weighted by molar-refractivity contribution is 6.30. The zero-order valence-corrected chi connectivity index (χ0v) is 9.42. The molecule has 78 valence electrons. The fourth-order valence-corrected chi connectivity index (χ4v) is 1.50. The number of nitrogens with one attached hydrogen (secondary N) is 1. The maximum Gasteiger partial charge on any atom is 0.115 e. The molecule has 15 heavy (non-hydrogen) atoms. The number of imidazole rings is 1. The van der Waals surface area contributed by atoms with E-state index < -0.39 is 0 Å². The molecule has 0 unspecified atom stereocenters. The van der Waals surface area contributed by atoms with Crippen molar-refractivity contribution in [3.05, 3.63) is 47.0 Å². The summed E-state index contributed by atoms with van der Waals surface area (Å²) in [4.78, 5) is 4.20. The third-order valence-electron chi connectivity index (χ3n) is 2.33. The first-order valence-corrected chi connectivity index (χ1v) is 5.08. The Morgan fingerprint density at radius 1 is 1.33 bits per heavy atom. The van der Waals surface area contributed by atoms with Gasteiger partial charge in [0, 0.05) is 5.02 Å². The Balaban J connectivity index is 2.26. The average molecular weight is 222 g/mol. The second-order valence-electron chi connectivity index (χ2n) is 3.41. The molecule has 0 bridgehead atoms. The Hall–Kier alpha value is -1.48. The van der Waals surface area contributed by atoms with Gasteiger partial charge in [-0.05, 0) is 32.0 Å². The summed E-state index contributed by atoms with van der Waals surface area (Å²) in [7, 11) is 0. The molecular formula is C11H12ClN3. The van der Waals surface area contributed by atoms with Crippen molar-refractivity contribution in [1.82, 2.24) is 9.66 Å². The lowest BCUT2D eigenvalue weighted by Gasteiger charge is -2.09. The van der Waals surface area contributed by atoms with E-state index in [1.807, 2.05) is 42.8 Å². The van der Waals surface area contributed by atoms with E-state index in [4.69, 9.17) is 11.6 Å². The third-order valence-corrected chi connectivity index (χ3v) is 2.56. The van der Waals surface area contributed by atoms with Crippen LogP contribution >= 0.6 is 11.6 Å². The molecule has 1 aromatic carbocycles. The number of rotatable bonds is 2. The van der Waals surface area contributed by atoms with Crippen molar-refractivity contribution in [2.75, 3.05) is 5.43 Å². The minimum absolute atomic E-state index is 0.717. The van der Waals surface area contributed by atoms with Gasteiger partial charge >= 0.3 is 0 Å². The average Bonchev–Trinajstić information content (AvgIpc) is 2.50. The maximum atomic E-state index is 5.89. The fourth-order valence-electron chi connectivity index (χ4n) is 1.31. The van der Waals surface area contributed by atoms with Crippen LogP contribution in [0, 0.1) is 13.8 Å². The Kier molecular flexibility index (Phi) is 2.64. The molecule has 4 heteroatoms. The first-order chi connectivity index (χ1) is 7.16. The molecule has 0 atom stereocenters. The normalized spacial score (nSPS) is 10.3. The van der Waals surface area contributed by atoms with E-state index >= 15 is 0 Å². The van der Waals surface area contributed by atoms with E-state index in [1.165, 1.54) is 0 Å². The van der Waals surface area contributed by atoms with Gasteiger partial charge in [0.2, 0.25) is 0 Å². The van der Waals surface area contributed by atoms with E-state index in [-0.39, 0.29) is 0 Å². The van der Waals surface area contributed by atoms with Gasteiger partial charge < -0.3 is 0 Å². The zero-order chi connectivity index (χ0) is 10.8. The van der Waals surface area contributed by atoms with Crippen molar-refractivity contribution in [2.45, 2.75) is 13.8 Å². The van der Waals surface area contributed by atoms with Gasteiger partial charge in [-0.3, -0.25) is 5.43 Å². The molecule has 0 saturated carbocycles. The summed E-state index contributed by atoms with van der Waals surface area (Å²) < 4.78 is 1.88. The van der Waals surface area contributed by atoms with Crippen LogP contribution in [-0.2, 0) is 0 Å². The molecule has 0 aliphatic carbocycles. The molecule has 0 amide bonds. The van der Waals surface area contributed by atoms with Crippen LogP contribution in [0.2, 0.25) is 5.02 Å². The van der Waals surface area contributed by atoms with Crippen LogP contribution in [-0.4, -0.2) is 9.66 Å². The molecule has 0 spiro atoms. The SMILES string of the molecule is Cc1ncn(Nc2cccc(Cl)c2)c1C. The lowest BCUT2D eigenvalue weighted by atomic mass is 10.3. The third kappa shape index (κ3) is 2.13. The van der Waals surface area contributed by atoms with Crippen molar-refractivity contribution in [1.29, 1.82) is 0 Å². The van der Waals surface area contributed by atoms with E-state index in [0.717, 1.165) is 22.1 Å². The fraction of sp³-hybridized carbons (Fsp3) is 0.182. The van der Waals surface area contributed by atoms with Crippen LogP contribution < -0.4 is 5.43 Å². The first kappa shape index (κ1) is 10.1. The van der Waals surface area contributed by atoms with Crippen molar-refractivity contribution in [2.24, 2.45) is 0 Å². The van der Waals surface area contributed by atoms with Crippen LogP contribution in [0.3, 0.4) is 0 Å². The number of hydrogen-bond acceptors (Lipinski definition) is 2. The minimum atomic E-state index is 0.717. The molecule has 0 aliphatic heterocycles. The summed E-state index contributed by atoms with van der Waals surface area (Å²) in [6.07, 6.45) is 1.76. The Morgan fingerprint density at radius 2 is 2.13 bits per heavy atom. The molecule has 1 N–H and O–H groups in total. The van der Waals surface area contributed by atoms with Gasteiger partial charge in [-0.15, -0.1) is 0 Å². The van der Waals surface area contributed by atoms with E-state index in [2.05, 4.69) is 10.4 Å². The Labute approximate surface area is 93.7 Å². The van der Waals surface area contributed by atoms with Gasteiger partial charge in [0.25, 0.3) is 0 Å². The minimum Gasteiger partial charge on any atom is -0.293 e. The summed E-state index contributed by atoms with van der Waals surface area (Å²) in [5.74, 6) is 0. The molecule has 3 nitrogen and oxygen atoms in total. The molecule has 0 fully saturated rings. The largest absolute Gasteiger partial charge is 0.293 e. The van der Waals surface area contributed by atoms with Gasteiger partial charge in [-0.25, -0.2) is 9.66 Å². The number of aryl methyl sites for hydroxylation is 1. The van der Waals surface area contributed by atoms with Crippen LogP contribution in [0.5, 0.6) is 0 Å². The summed E-state index contributed by atoms with van der Waals surface area (Å²) in [5.41, 5.74) is 6.26. The summed E-state index contributed by atoms with van der Waals surface area (Å²) >= 11 is 5.89. The highest BCUT2D eigenvalue weighted by Crippen LogP contribution is 2.15. The second kappa shape index (κ2) is 3.95. The van der Waals surface area contributed by atoms with Crippen molar-refractivity contribution in [3.8, 4) is 0 Å². The number of nitrogens with zero attached hydrogens (tertiary/aromatic N) is 2. The number of halogens is 1. The van der Waals surface area contributed by atoms with Gasteiger partial charge in [0.05, 0.1) is 17.1 Å². The van der Waals surface area contributed by atoms with E-state index in [9.17, 15) is 0 Å². The lowest BCUT2D eigenvalue weighted by Crippen LogP contribution is -2.09. The number of benzene rings is 1. The predicted molar refractivity (Wildman–Crippen MR) is 62.2 cm³/mol. The maximum absolute atomic E-state index is 5.89. The van der Waals surface area contributed by atoms with Crippen molar-refractivity contribution < 1.29 is 0 Å². The highest BCUT2D eigenvalue weighted by Gasteiger charge is 2.01. The van der Waals surface area contributed by atoms with Gasteiger partial charge in [-0.2, -0.15) is 0 Å². The Morgan fingerprint density at radius 3 is 2.73 bits per heavy atom. The van der Waals surface area contributed by atoms with E-state index in [0.29, 0.717) is 0 Å². The topological polar surface area (TPSA) is 29.9 Å². The second-order valence-corrected chi connectivity index (χ2v) is 3.84. The molecule has 1 heterocycles. The first-order valence-electron chi connectivity index (χ1n) is 4.70. The number of aromatic nitrogens is 2. The van der Waals surface area contributed by atoms with Crippen LogP contribution in [0.1, 0.15) is 11.4 Å². The smallest absolute Gasteiger partial charge is 0.115 e. The van der Waals surface area contributed by atoms with Crippen LogP contribution in [0.4, 0.5) is 5.69 Å². The summed E-state index contributed by atoms with van der Waals surface area (Å²) in [6, 6.07) is 7.58. The van der Waals surface area contributed by atoms with Gasteiger partial charge in [0.1, 0.15) is 6.33 Å². The van der Waals surface area contributed by atoms with Crippen molar-refractivity contribution in [3.63, 3.8) is 0 Å². The lowest BCUT2D eigenvalue weighted by molar-refractivity contribution is 0.910. The summed E-state index contributed by atoms with van der Waals surface area (Å²) in [5, 5.41) is 0.717. The molecule has 2 rings (SSSR count). The predicted octanol–water partition coefficient (Wildman–Crippen LogP) is 3.03. The number of anilines is 1. The summed E-state index contributed by atoms with van der Waals surface area (Å²) in [6.45, 7) is 3.99. The molecule has 0 radical (unpaired) electrons. The molecule has 0 saturated heterocycles. The standard InChI is InChI=1S/C11H12ClN3/c1-8-9(2)15(7-13-8)14-11-5-3-4-10(12)6-11/h3-7,14H,1-2H3. The van der Waals surface area contributed by atoms with Gasteiger partial charge in [0.15, 0.2) is 0 Å². The molecular weight excluding hydrogens is 210 g/mol. The van der Waals surface area contributed by atoms with Crippen molar-refractivity contribution >= 4 is 17.3 Å².